The Morgan fingerprint density at radius 1 is 0.833 bits per heavy atom. The Morgan fingerprint density at radius 2 is 1.58 bits per heavy atom. The number of piperidine rings is 3. The minimum Gasteiger partial charge on any atom is -0.389 e. The predicted molar refractivity (Wildman–Crippen MR) is 249 cm³/mol. The molecule has 7 N–H and O–H groups in total. The van der Waals surface area contributed by atoms with Gasteiger partial charge in [0.25, 0.3) is 5.91 Å². The van der Waals surface area contributed by atoms with Gasteiger partial charge in [0.05, 0.1) is 36.0 Å². The number of nitrogens with zero attached hydrogens (tertiary/aromatic N) is 5. The molecule has 6 unspecified atom stereocenters. The molecule has 10 rings (SSSR count). The molecule has 7 fully saturated rings. The van der Waals surface area contributed by atoms with E-state index in [0.29, 0.717) is 31.0 Å². The lowest BCUT2D eigenvalue weighted by Gasteiger charge is -2.49. The van der Waals surface area contributed by atoms with Crippen LogP contribution in [0.1, 0.15) is 101 Å². The molecule has 17 heteroatoms. The van der Waals surface area contributed by atoms with Gasteiger partial charge in [-0.1, -0.05) is 12.2 Å². The number of carbonyl (C=O) groups is 4. The van der Waals surface area contributed by atoms with E-state index in [9.17, 15) is 24.3 Å². The van der Waals surface area contributed by atoms with Crippen molar-refractivity contribution in [1.82, 2.24) is 41.5 Å². The van der Waals surface area contributed by atoms with Crippen molar-refractivity contribution in [1.29, 1.82) is 0 Å². The first-order chi connectivity index (χ1) is 31.9. The van der Waals surface area contributed by atoms with Gasteiger partial charge in [-0.05, 0) is 132 Å². The minimum absolute atomic E-state index is 0.0248. The summed E-state index contributed by atoms with van der Waals surface area (Å²) < 4.78 is 15.2. The molecule has 6 saturated heterocycles. The normalized spacial score (nSPS) is 32.8. The topological polar surface area (TPSA) is 177 Å². The number of anilines is 3. The number of carbonyl (C=O) groups excluding carboxylic acids is 4. The SMILES string of the molecule is C[C@@]1(O)CC/C=C\CN2C(=O)C3CNC(Nc4ccc(N5CCN(C6CCC7(CC6)CCN(c6ccc(C(=O)NC8CCC(=O)NC8=O)c(F)c6)CC7)CC5)cc4)NC3N2C2CCCC1N2. The second-order valence-corrected chi connectivity index (χ2v) is 20.5. The van der Waals surface area contributed by atoms with Crippen LogP contribution in [0.2, 0.25) is 0 Å². The highest BCUT2D eigenvalue weighted by Crippen LogP contribution is 2.46. The number of hydrogen-bond acceptors (Lipinski definition) is 13. The van der Waals surface area contributed by atoms with Crippen LogP contribution in [0.5, 0.6) is 0 Å². The number of hydrogen-bond donors (Lipinski definition) is 7. The fourth-order valence-electron chi connectivity index (χ4n) is 12.3. The molecule has 0 aromatic heterocycles. The van der Waals surface area contributed by atoms with Crippen LogP contribution in [0.25, 0.3) is 0 Å². The summed E-state index contributed by atoms with van der Waals surface area (Å²) in [5.74, 6) is -2.27. The molecule has 1 aliphatic carbocycles. The maximum Gasteiger partial charge on any atom is 0.254 e. The highest BCUT2D eigenvalue weighted by atomic mass is 19.1. The molecule has 0 radical (unpaired) electrons. The zero-order valence-corrected chi connectivity index (χ0v) is 38.3. The fourth-order valence-corrected chi connectivity index (χ4v) is 12.3. The molecule has 4 amide bonds. The lowest BCUT2D eigenvalue weighted by Crippen LogP contribution is -2.69. The zero-order valence-electron chi connectivity index (χ0n) is 38.3. The monoisotopic (exact) mass is 910 g/mol. The molecule has 7 aliphatic heterocycles. The molecule has 7 atom stereocenters. The van der Waals surface area contributed by atoms with Crippen LogP contribution in [-0.4, -0.2) is 138 Å². The van der Waals surface area contributed by atoms with E-state index in [0.717, 1.165) is 89.2 Å². The standard InChI is InChI=1S/C49H68FN11O5/c1-48(66)18-3-2-4-23-60-46(65)37-31-51-47(56-43(37)61(60)41-7-5-6-40(48)54-41)52-32-8-10-33(11-9-32)58-26-28-59(29-27-58)34-16-19-49(20-17-34)21-24-57(25-22-49)35-12-13-36(38(50)30-35)44(63)53-39-14-15-42(62)55-45(39)64/h2,4,8-13,30,34,37,39-41,43,47,51-52,54,56,66H,3,5-7,14-29,31H2,1H3,(H,53,63)(H,55,62,64)/b4-2-/t37?,39?,40?,41?,43?,47?,48-/m1/s1. The van der Waals surface area contributed by atoms with E-state index in [2.05, 4.69) is 88.0 Å². The van der Waals surface area contributed by atoms with E-state index in [1.54, 1.807) is 6.07 Å². The maximum atomic E-state index is 15.2. The van der Waals surface area contributed by atoms with Crippen LogP contribution < -0.4 is 41.7 Å². The first-order valence-electron chi connectivity index (χ1n) is 24.7. The number of fused-ring (bicyclic) bond motifs is 6. The van der Waals surface area contributed by atoms with Gasteiger partial charge >= 0.3 is 0 Å². The number of hydrazine groups is 1. The first-order valence-corrected chi connectivity index (χ1v) is 24.7. The third kappa shape index (κ3) is 9.31. The van der Waals surface area contributed by atoms with Crippen molar-refractivity contribution in [2.24, 2.45) is 11.3 Å². The summed E-state index contributed by atoms with van der Waals surface area (Å²) in [4.78, 5) is 57.6. The number of rotatable bonds is 7. The number of allylic oxidation sites excluding steroid dienone is 1. The average molecular weight is 910 g/mol. The third-order valence-corrected chi connectivity index (χ3v) is 16.4. The van der Waals surface area contributed by atoms with Crippen LogP contribution in [0.4, 0.5) is 21.5 Å². The number of benzene rings is 2. The van der Waals surface area contributed by atoms with Crippen LogP contribution >= 0.6 is 0 Å². The van der Waals surface area contributed by atoms with Gasteiger partial charge in [0, 0.05) is 81.4 Å². The Bertz CT molecular complexity index is 2150. The van der Waals surface area contributed by atoms with E-state index in [1.807, 2.05) is 11.9 Å². The molecule has 356 valence electrons. The fraction of sp³-hybridized carbons (Fsp3) is 0.633. The van der Waals surface area contributed by atoms with Crippen molar-refractivity contribution >= 4 is 40.7 Å². The highest BCUT2D eigenvalue weighted by molar-refractivity contribution is 6.04. The lowest BCUT2D eigenvalue weighted by molar-refractivity contribution is -0.146. The lowest BCUT2D eigenvalue weighted by atomic mass is 9.66. The van der Waals surface area contributed by atoms with Gasteiger partial charge in [0.2, 0.25) is 17.7 Å². The summed E-state index contributed by atoms with van der Waals surface area (Å²) in [6.07, 6.45) is 15.4. The summed E-state index contributed by atoms with van der Waals surface area (Å²) in [7, 11) is 0. The highest BCUT2D eigenvalue weighted by Gasteiger charge is 2.53. The van der Waals surface area contributed by atoms with Crippen LogP contribution in [0, 0.1) is 17.2 Å². The number of imide groups is 1. The van der Waals surface area contributed by atoms with Gasteiger partial charge in [-0.15, -0.1) is 0 Å². The summed E-state index contributed by atoms with van der Waals surface area (Å²) in [6, 6.07) is 13.2. The molecule has 1 saturated carbocycles. The first kappa shape index (κ1) is 45.1. The second kappa shape index (κ2) is 18.8. The maximum absolute atomic E-state index is 15.2. The average Bonchev–Trinajstić information content (AvgIpc) is 3.59. The molecule has 66 heavy (non-hydrogen) atoms. The van der Waals surface area contributed by atoms with Crippen molar-refractivity contribution in [2.75, 3.05) is 67.5 Å². The number of halogens is 1. The van der Waals surface area contributed by atoms with E-state index in [1.165, 1.54) is 43.5 Å². The minimum atomic E-state index is -0.851. The Morgan fingerprint density at radius 3 is 2.32 bits per heavy atom. The number of amides is 4. The quantitative estimate of drug-likeness (QED) is 0.160. The largest absolute Gasteiger partial charge is 0.389 e. The number of nitrogens with one attached hydrogen (secondary N) is 6. The second-order valence-electron chi connectivity index (χ2n) is 20.5. The van der Waals surface area contributed by atoms with Crippen LogP contribution in [0.3, 0.4) is 0 Å². The van der Waals surface area contributed by atoms with E-state index in [4.69, 9.17) is 0 Å². The third-order valence-electron chi connectivity index (χ3n) is 16.4. The Kier molecular flexibility index (Phi) is 12.9. The molecular formula is C49H68FN11O5. The van der Waals surface area contributed by atoms with E-state index in [-0.39, 0.29) is 60.8 Å². The summed E-state index contributed by atoms with van der Waals surface area (Å²) in [6.45, 7) is 8.84. The van der Waals surface area contributed by atoms with Crippen molar-refractivity contribution in [3.63, 3.8) is 0 Å². The van der Waals surface area contributed by atoms with Gasteiger partial charge < -0.3 is 25.5 Å². The molecule has 7 heterocycles. The molecule has 16 nitrogen and oxygen atoms in total. The summed E-state index contributed by atoms with van der Waals surface area (Å²) in [5, 5.41) is 35.0. The molecule has 2 aromatic carbocycles. The van der Waals surface area contributed by atoms with Crippen molar-refractivity contribution < 1.29 is 28.7 Å². The summed E-state index contributed by atoms with van der Waals surface area (Å²) in [5.41, 5.74) is 2.42. The Hall–Kier alpha value is -4.65. The molecular weight excluding hydrogens is 842 g/mol. The van der Waals surface area contributed by atoms with Gasteiger partial charge in [-0.2, -0.15) is 5.01 Å². The van der Waals surface area contributed by atoms with Crippen molar-refractivity contribution in [3.8, 4) is 0 Å². The predicted octanol–water partition coefficient (Wildman–Crippen LogP) is 3.17. The number of aliphatic hydroxyl groups is 1. The van der Waals surface area contributed by atoms with Gasteiger partial charge in [0.1, 0.15) is 18.1 Å². The van der Waals surface area contributed by atoms with E-state index >= 15 is 4.39 Å². The zero-order chi connectivity index (χ0) is 45.6. The van der Waals surface area contributed by atoms with Crippen molar-refractivity contribution in [3.05, 3.63) is 66.0 Å². The smallest absolute Gasteiger partial charge is 0.254 e. The molecule has 1 spiro atoms. The molecule has 2 bridgehead atoms. The molecule has 2 aromatic rings. The van der Waals surface area contributed by atoms with Gasteiger partial charge in [-0.25, -0.2) is 4.39 Å². The van der Waals surface area contributed by atoms with Gasteiger partial charge in [-0.3, -0.25) is 50.4 Å². The Labute approximate surface area is 387 Å². The van der Waals surface area contributed by atoms with Gasteiger partial charge in [0.15, 0.2) is 0 Å². The van der Waals surface area contributed by atoms with E-state index < -0.39 is 29.3 Å². The van der Waals surface area contributed by atoms with Crippen LogP contribution in [-0.2, 0) is 14.4 Å². The summed E-state index contributed by atoms with van der Waals surface area (Å²) >= 11 is 0. The van der Waals surface area contributed by atoms with Crippen LogP contribution in [0.15, 0.2) is 54.6 Å². The Balaban J connectivity index is 0.672. The number of piperazine rings is 1. The molecule has 8 aliphatic rings. The van der Waals surface area contributed by atoms with Crippen molar-refractivity contribution in [2.45, 2.75) is 133 Å².